The molecule has 0 saturated carbocycles. The summed E-state index contributed by atoms with van der Waals surface area (Å²) < 4.78 is 15.3. The van der Waals surface area contributed by atoms with Crippen molar-refractivity contribution in [3.05, 3.63) is 51.9 Å². The van der Waals surface area contributed by atoms with E-state index in [9.17, 15) is 14.0 Å². The molecule has 0 radical (unpaired) electrons. The molecule has 0 aliphatic carbocycles. The summed E-state index contributed by atoms with van der Waals surface area (Å²) in [7, 11) is 1.64. The van der Waals surface area contributed by atoms with Crippen molar-refractivity contribution in [1.82, 2.24) is 9.55 Å². The lowest BCUT2D eigenvalue weighted by Crippen LogP contribution is -2.31. The van der Waals surface area contributed by atoms with Crippen LogP contribution in [0.3, 0.4) is 0 Å². The summed E-state index contributed by atoms with van der Waals surface area (Å²) in [5.74, 6) is -0.850. The number of rotatable bonds is 5. The lowest BCUT2D eigenvalue weighted by Gasteiger charge is -2.20. The second-order valence-electron chi connectivity index (χ2n) is 6.15. The zero-order valence-electron chi connectivity index (χ0n) is 14.5. The molecule has 0 saturated heterocycles. The van der Waals surface area contributed by atoms with Gasteiger partial charge in [-0.25, -0.2) is 9.37 Å². The predicted molar refractivity (Wildman–Crippen MR) is 104 cm³/mol. The number of carbonyl (C=O) groups is 1. The number of fused-ring (bicyclic) bond motifs is 1. The van der Waals surface area contributed by atoms with E-state index in [-0.39, 0.29) is 23.1 Å². The van der Waals surface area contributed by atoms with Gasteiger partial charge in [-0.3, -0.25) is 14.2 Å². The highest BCUT2D eigenvalue weighted by Crippen LogP contribution is 2.29. The molecule has 26 heavy (non-hydrogen) atoms. The quantitative estimate of drug-likeness (QED) is 0.529. The Balaban J connectivity index is 1.89. The Morgan fingerprint density at radius 1 is 1.31 bits per heavy atom. The summed E-state index contributed by atoms with van der Waals surface area (Å²) in [4.78, 5) is 30.3. The molecular formula is C18H18FN3O2S2. The Morgan fingerprint density at radius 3 is 2.73 bits per heavy atom. The van der Waals surface area contributed by atoms with Crippen LogP contribution >= 0.6 is 23.1 Å². The van der Waals surface area contributed by atoms with Gasteiger partial charge in [0, 0.05) is 7.05 Å². The molecule has 0 unspecified atom stereocenters. The minimum Gasteiger partial charge on any atom is -0.323 e. The molecule has 1 N–H and O–H groups in total. The van der Waals surface area contributed by atoms with Crippen LogP contribution < -0.4 is 10.9 Å². The standard InChI is InChI=1S/C18H18FN3O2S2/c1-10(2)14(15(23)20-13-7-5-4-6-12(13)19)26-18-21-16-11(8-9-25-16)17(24)22(18)3/h4-10,14H,1-3H3,(H,20,23)/t14-/m0/s1. The van der Waals surface area contributed by atoms with E-state index >= 15 is 0 Å². The number of benzene rings is 1. The number of anilines is 1. The topological polar surface area (TPSA) is 64.0 Å². The number of halogens is 1. The molecule has 2 heterocycles. The highest BCUT2D eigenvalue weighted by molar-refractivity contribution is 8.00. The molecule has 0 aliphatic heterocycles. The molecule has 1 atom stereocenters. The number of hydrogen-bond donors (Lipinski definition) is 1. The highest BCUT2D eigenvalue weighted by atomic mass is 32.2. The number of nitrogens with one attached hydrogen (secondary N) is 1. The number of hydrogen-bond acceptors (Lipinski definition) is 5. The van der Waals surface area contributed by atoms with Crippen molar-refractivity contribution in [2.75, 3.05) is 5.32 Å². The molecule has 8 heteroatoms. The molecule has 1 amide bonds. The number of thioether (sulfide) groups is 1. The number of para-hydroxylation sites is 1. The van der Waals surface area contributed by atoms with Crippen LogP contribution in [0, 0.1) is 11.7 Å². The molecule has 2 aromatic heterocycles. The monoisotopic (exact) mass is 391 g/mol. The summed E-state index contributed by atoms with van der Waals surface area (Å²) >= 11 is 2.60. The van der Waals surface area contributed by atoms with Crippen LogP contribution in [0.5, 0.6) is 0 Å². The minimum absolute atomic E-state index is 0.0392. The van der Waals surface area contributed by atoms with Crippen molar-refractivity contribution in [2.45, 2.75) is 24.3 Å². The number of aromatic nitrogens is 2. The molecular weight excluding hydrogens is 373 g/mol. The summed E-state index contributed by atoms with van der Waals surface area (Å²) in [5.41, 5.74) is -0.00456. The molecule has 0 fully saturated rings. The van der Waals surface area contributed by atoms with Gasteiger partial charge in [0.05, 0.1) is 16.3 Å². The highest BCUT2D eigenvalue weighted by Gasteiger charge is 2.26. The van der Waals surface area contributed by atoms with Crippen molar-refractivity contribution in [2.24, 2.45) is 13.0 Å². The van der Waals surface area contributed by atoms with Gasteiger partial charge >= 0.3 is 0 Å². The Bertz CT molecular complexity index is 1010. The van der Waals surface area contributed by atoms with E-state index in [1.54, 1.807) is 25.2 Å². The molecule has 0 aliphatic rings. The van der Waals surface area contributed by atoms with Crippen molar-refractivity contribution >= 4 is 44.9 Å². The van der Waals surface area contributed by atoms with Gasteiger partial charge in [-0.2, -0.15) is 0 Å². The maximum absolute atomic E-state index is 13.8. The SMILES string of the molecule is CC(C)[C@H](Sc1nc2sccc2c(=O)n1C)C(=O)Nc1ccccc1F. The van der Waals surface area contributed by atoms with Crippen LogP contribution in [0.25, 0.3) is 10.2 Å². The third-order valence-electron chi connectivity index (χ3n) is 3.89. The molecule has 0 bridgehead atoms. The molecule has 5 nitrogen and oxygen atoms in total. The molecule has 3 rings (SSSR count). The first kappa shape index (κ1) is 18.6. The fraction of sp³-hybridized carbons (Fsp3) is 0.278. The fourth-order valence-electron chi connectivity index (χ4n) is 2.46. The van der Waals surface area contributed by atoms with Crippen molar-refractivity contribution in [3.63, 3.8) is 0 Å². The Labute approximate surface area is 158 Å². The first-order valence-corrected chi connectivity index (χ1v) is 9.80. The van der Waals surface area contributed by atoms with Gasteiger partial charge in [-0.05, 0) is 29.5 Å². The van der Waals surface area contributed by atoms with Gasteiger partial charge in [-0.1, -0.05) is 37.7 Å². The minimum atomic E-state index is -0.523. The van der Waals surface area contributed by atoms with Gasteiger partial charge in [0.15, 0.2) is 5.16 Å². The van der Waals surface area contributed by atoms with Crippen LogP contribution in [0.1, 0.15) is 13.8 Å². The molecule has 3 aromatic rings. The van der Waals surface area contributed by atoms with Gasteiger partial charge in [-0.15, -0.1) is 11.3 Å². The second kappa shape index (κ2) is 7.59. The third kappa shape index (κ3) is 3.66. The van der Waals surface area contributed by atoms with Crippen molar-refractivity contribution in [3.8, 4) is 0 Å². The predicted octanol–water partition coefficient (Wildman–Crippen LogP) is 3.89. The summed E-state index contributed by atoms with van der Waals surface area (Å²) in [5, 5.41) is 4.96. The van der Waals surface area contributed by atoms with E-state index in [1.165, 1.54) is 39.8 Å². The molecule has 1 aromatic carbocycles. The normalized spacial score (nSPS) is 12.5. The van der Waals surface area contributed by atoms with Crippen LogP contribution in [-0.4, -0.2) is 20.7 Å². The summed E-state index contributed by atoms with van der Waals surface area (Å²) in [6.45, 7) is 3.81. The fourth-order valence-corrected chi connectivity index (χ4v) is 4.32. The largest absolute Gasteiger partial charge is 0.323 e. The molecule has 136 valence electrons. The van der Waals surface area contributed by atoms with E-state index in [2.05, 4.69) is 10.3 Å². The maximum atomic E-state index is 13.8. The number of nitrogens with zero attached hydrogens (tertiary/aromatic N) is 2. The first-order chi connectivity index (χ1) is 12.4. The van der Waals surface area contributed by atoms with Crippen molar-refractivity contribution in [1.29, 1.82) is 0 Å². The average Bonchev–Trinajstić information content (AvgIpc) is 3.07. The van der Waals surface area contributed by atoms with E-state index in [0.717, 1.165) is 0 Å². The van der Waals surface area contributed by atoms with E-state index in [4.69, 9.17) is 0 Å². The zero-order chi connectivity index (χ0) is 18.8. The number of thiophene rings is 1. The number of carbonyl (C=O) groups excluding carboxylic acids is 1. The van der Waals surface area contributed by atoms with E-state index in [1.807, 2.05) is 19.2 Å². The maximum Gasteiger partial charge on any atom is 0.262 e. The van der Waals surface area contributed by atoms with Crippen molar-refractivity contribution < 1.29 is 9.18 Å². The van der Waals surface area contributed by atoms with Gasteiger partial charge in [0.25, 0.3) is 5.56 Å². The summed E-state index contributed by atoms with van der Waals surface area (Å²) in [6, 6.07) is 7.78. The molecule has 0 spiro atoms. The van der Waals surface area contributed by atoms with Gasteiger partial charge < -0.3 is 5.32 Å². The van der Waals surface area contributed by atoms with Crippen LogP contribution in [0.4, 0.5) is 10.1 Å². The van der Waals surface area contributed by atoms with Crippen LogP contribution in [0.2, 0.25) is 0 Å². The zero-order valence-corrected chi connectivity index (χ0v) is 16.2. The Hall–Kier alpha value is -2.19. The lowest BCUT2D eigenvalue weighted by atomic mass is 10.1. The first-order valence-electron chi connectivity index (χ1n) is 8.04. The van der Waals surface area contributed by atoms with Crippen LogP contribution in [0.15, 0.2) is 45.7 Å². The van der Waals surface area contributed by atoms with Gasteiger partial charge in [0.1, 0.15) is 10.6 Å². The Kier molecular flexibility index (Phi) is 5.43. The smallest absolute Gasteiger partial charge is 0.262 e. The van der Waals surface area contributed by atoms with E-state index < -0.39 is 11.1 Å². The summed E-state index contributed by atoms with van der Waals surface area (Å²) in [6.07, 6.45) is 0. The Morgan fingerprint density at radius 2 is 2.04 bits per heavy atom. The van der Waals surface area contributed by atoms with Gasteiger partial charge in [0.2, 0.25) is 5.91 Å². The third-order valence-corrected chi connectivity index (χ3v) is 6.29. The van der Waals surface area contributed by atoms with E-state index in [0.29, 0.717) is 15.4 Å². The second-order valence-corrected chi connectivity index (χ2v) is 8.15. The van der Waals surface area contributed by atoms with Crippen LogP contribution in [-0.2, 0) is 11.8 Å². The number of amides is 1. The lowest BCUT2D eigenvalue weighted by molar-refractivity contribution is -0.116. The average molecular weight is 391 g/mol.